The van der Waals surface area contributed by atoms with Gasteiger partial charge in [0.05, 0.1) is 20.7 Å². The van der Waals surface area contributed by atoms with Gasteiger partial charge in [-0.1, -0.05) is 48.5 Å². The Hall–Kier alpha value is -1.90. The van der Waals surface area contributed by atoms with Gasteiger partial charge in [0, 0.05) is 12.7 Å². The van der Waals surface area contributed by atoms with Crippen molar-refractivity contribution in [1.29, 1.82) is 0 Å². The lowest BCUT2D eigenvalue weighted by Crippen LogP contribution is -2.41. The molecule has 0 atom stereocenters. The topological polar surface area (TPSA) is 9.23 Å². The fraction of sp³-hybridized carbons (Fsp3) is 0.300. The van der Waals surface area contributed by atoms with Gasteiger partial charge in [0.25, 0.3) is 0 Å². The molecular weight excluding hydrogens is 270 g/mol. The third-order valence-electron chi connectivity index (χ3n) is 4.37. The van der Waals surface area contributed by atoms with E-state index in [2.05, 4.69) is 68.7 Å². The highest BCUT2D eigenvalue weighted by Crippen LogP contribution is 2.30. The monoisotopic (exact) mass is 294 g/mol. The molecule has 0 bridgehead atoms. The first kappa shape index (κ1) is 15.0. The zero-order valence-electron chi connectivity index (χ0n) is 13.7. The first-order valence-corrected chi connectivity index (χ1v) is 7.81. The predicted octanol–water partition coefficient (Wildman–Crippen LogP) is 4.22. The third kappa shape index (κ3) is 2.99. The molecule has 0 aliphatic carbocycles. The number of fused-ring (bicyclic) bond motifs is 2. The van der Waals surface area contributed by atoms with Gasteiger partial charge in [0.2, 0.25) is 0 Å². The minimum atomic E-state index is 0.787. The highest BCUT2D eigenvalue weighted by molar-refractivity contribution is 6.02. The lowest BCUT2D eigenvalue weighted by Gasteiger charge is -2.30. The minimum absolute atomic E-state index is 0.787. The van der Waals surface area contributed by atoms with Crippen LogP contribution in [0.25, 0.3) is 21.5 Å². The Balaban J connectivity index is 2.16. The number of likely N-dealkylation sites (N-methyl/N-ethyl adjacent to an activating group) is 1. The van der Waals surface area contributed by atoms with Crippen LogP contribution in [0.2, 0.25) is 0 Å². The van der Waals surface area contributed by atoms with Gasteiger partial charge in [0.15, 0.2) is 0 Å². The van der Waals surface area contributed by atoms with Crippen LogP contribution in [0.1, 0.15) is 5.56 Å². The molecule has 2 nitrogen and oxygen atoms in total. The van der Waals surface area contributed by atoms with Gasteiger partial charge >= 0.3 is 0 Å². The molecule has 2 heteroatoms. The molecule has 0 saturated carbocycles. The van der Waals surface area contributed by atoms with E-state index in [-0.39, 0.29) is 0 Å². The zero-order valence-corrected chi connectivity index (χ0v) is 13.7. The minimum Gasteiger partial charge on any atom is -0.379 e. The number of methoxy groups -OCH3 is 1. The van der Waals surface area contributed by atoms with E-state index < -0.39 is 0 Å². The van der Waals surface area contributed by atoms with Gasteiger partial charge in [-0.2, -0.15) is 0 Å². The zero-order chi connectivity index (χ0) is 15.6. The van der Waals surface area contributed by atoms with Crippen LogP contribution in [-0.4, -0.2) is 38.8 Å². The van der Waals surface area contributed by atoms with Crippen molar-refractivity contribution in [2.45, 2.75) is 6.54 Å². The van der Waals surface area contributed by atoms with Gasteiger partial charge in [-0.25, -0.2) is 0 Å². The third-order valence-corrected chi connectivity index (χ3v) is 4.37. The molecule has 0 N–H and O–H groups in total. The van der Waals surface area contributed by atoms with E-state index in [0.29, 0.717) is 0 Å². The van der Waals surface area contributed by atoms with Crippen molar-refractivity contribution in [3.8, 4) is 0 Å². The molecule has 22 heavy (non-hydrogen) atoms. The highest BCUT2D eigenvalue weighted by Gasteiger charge is 2.19. The van der Waals surface area contributed by atoms with E-state index in [4.69, 9.17) is 4.74 Å². The maximum absolute atomic E-state index is 5.27. The average Bonchev–Trinajstić information content (AvgIpc) is 2.52. The fourth-order valence-electron chi connectivity index (χ4n) is 3.12. The summed E-state index contributed by atoms with van der Waals surface area (Å²) in [5, 5.41) is 5.38. The van der Waals surface area contributed by atoms with Crippen LogP contribution >= 0.6 is 0 Å². The summed E-state index contributed by atoms with van der Waals surface area (Å²) in [7, 11) is 6.32. The molecular formula is C20H24NO+. The van der Waals surface area contributed by atoms with Gasteiger partial charge in [-0.15, -0.1) is 0 Å². The summed E-state index contributed by atoms with van der Waals surface area (Å²) in [4.78, 5) is 0. The molecule has 3 aromatic rings. The summed E-state index contributed by atoms with van der Waals surface area (Å²) in [5.41, 5.74) is 1.44. The molecule has 0 spiro atoms. The lowest BCUT2D eigenvalue weighted by molar-refractivity contribution is -0.903. The number of benzene rings is 3. The second-order valence-corrected chi connectivity index (χ2v) is 6.61. The first-order chi connectivity index (χ1) is 10.6. The van der Waals surface area contributed by atoms with Crippen LogP contribution in [0.3, 0.4) is 0 Å². The van der Waals surface area contributed by atoms with Crippen LogP contribution in [0.5, 0.6) is 0 Å². The summed E-state index contributed by atoms with van der Waals surface area (Å²) < 4.78 is 6.20. The molecule has 3 rings (SSSR count). The van der Waals surface area contributed by atoms with Crippen LogP contribution in [-0.2, 0) is 11.3 Å². The van der Waals surface area contributed by atoms with E-state index in [1.165, 1.54) is 27.1 Å². The van der Waals surface area contributed by atoms with E-state index in [9.17, 15) is 0 Å². The van der Waals surface area contributed by atoms with Crippen molar-refractivity contribution in [3.05, 3.63) is 60.2 Å². The Kier molecular flexibility index (Phi) is 4.14. The lowest BCUT2D eigenvalue weighted by atomic mass is 9.96. The Labute approximate surface area is 132 Å². The quantitative estimate of drug-likeness (QED) is 0.506. The van der Waals surface area contributed by atoms with Gasteiger partial charge in [0.1, 0.15) is 13.1 Å². The maximum atomic E-state index is 5.27. The van der Waals surface area contributed by atoms with Crippen molar-refractivity contribution < 1.29 is 9.22 Å². The van der Waals surface area contributed by atoms with Crippen molar-refractivity contribution in [2.24, 2.45) is 0 Å². The summed E-state index contributed by atoms with van der Waals surface area (Å²) in [6, 6.07) is 19.7. The SMILES string of the molecule is COCC[N+](C)(C)Cc1c2ccccc2cc2ccccc12. The molecule has 0 aliphatic rings. The Morgan fingerprint density at radius 1 is 0.864 bits per heavy atom. The molecule has 0 fully saturated rings. The fourth-order valence-corrected chi connectivity index (χ4v) is 3.12. The number of ether oxygens (including phenoxy) is 1. The van der Waals surface area contributed by atoms with Gasteiger partial charge in [-0.3, -0.25) is 0 Å². The smallest absolute Gasteiger partial charge is 0.105 e. The first-order valence-electron chi connectivity index (χ1n) is 7.81. The number of hydrogen-bond donors (Lipinski definition) is 0. The van der Waals surface area contributed by atoms with Gasteiger partial charge < -0.3 is 9.22 Å². The van der Waals surface area contributed by atoms with Crippen LogP contribution < -0.4 is 0 Å². The number of rotatable bonds is 5. The largest absolute Gasteiger partial charge is 0.379 e. The predicted molar refractivity (Wildman–Crippen MR) is 94.0 cm³/mol. The van der Waals surface area contributed by atoms with Crippen LogP contribution in [0.4, 0.5) is 0 Å². The second-order valence-electron chi connectivity index (χ2n) is 6.61. The Morgan fingerprint density at radius 2 is 1.41 bits per heavy atom. The average molecular weight is 294 g/mol. The van der Waals surface area contributed by atoms with E-state index in [0.717, 1.165) is 24.2 Å². The van der Waals surface area contributed by atoms with E-state index in [1.807, 2.05) is 0 Å². The molecule has 0 heterocycles. The molecule has 3 aromatic carbocycles. The summed E-state index contributed by atoms with van der Waals surface area (Å²) in [5.74, 6) is 0. The summed E-state index contributed by atoms with van der Waals surface area (Å²) in [6.45, 7) is 2.80. The highest BCUT2D eigenvalue weighted by atomic mass is 16.5. The summed E-state index contributed by atoms with van der Waals surface area (Å²) in [6.07, 6.45) is 0. The molecule has 0 unspecified atom stereocenters. The number of nitrogens with zero attached hydrogens (tertiary/aromatic N) is 1. The van der Waals surface area contributed by atoms with Crippen LogP contribution in [0.15, 0.2) is 54.6 Å². The van der Waals surface area contributed by atoms with Crippen LogP contribution in [0, 0.1) is 0 Å². The Morgan fingerprint density at radius 3 is 1.95 bits per heavy atom. The molecule has 114 valence electrons. The summed E-state index contributed by atoms with van der Waals surface area (Å²) >= 11 is 0. The molecule has 0 aromatic heterocycles. The molecule has 0 saturated heterocycles. The number of hydrogen-bond acceptors (Lipinski definition) is 1. The van der Waals surface area contributed by atoms with Crippen molar-refractivity contribution in [1.82, 2.24) is 0 Å². The molecule has 0 aliphatic heterocycles. The number of quaternary nitrogens is 1. The molecule has 0 radical (unpaired) electrons. The van der Waals surface area contributed by atoms with Crippen molar-refractivity contribution in [3.63, 3.8) is 0 Å². The van der Waals surface area contributed by atoms with E-state index in [1.54, 1.807) is 7.11 Å². The van der Waals surface area contributed by atoms with E-state index >= 15 is 0 Å². The second kappa shape index (κ2) is 6.07. The van der Waals surface area contributed by atoms with Gasteiger partial charge in [-0.05, 0) is 27.6 Å². The van der Waals surface area contributed by atoms with Crippen molar-refractivity contribution >= 4 is 21.5 Å². The maximum Gasteiger partial charge on any atom is 0.105 e. The Bertz CT molecular complexity index is 738. The molecule has 0 amide bonds. The normalized spacial score (nSPS) is 12.1. The standard InChI is InChI=1S/C20H24NO/c1-21(2,12-13-22-3)15-20-18-10-6-4-8-16(18)14-17-9-5-7-11-19(17)20/h4-11,14H,12-13,15H2,1-3H3/q+1. The van der Waals surface area contributed by atoms with Crippen molar-refractivity contribution in [2.75, 3.05) is 34.4 Å².